The number of benzene rings is 1. The lowest BCUT2D eigenvalue weighted by Crippen LogP contribution is -2.34. The third-order valence-corrected chi connectivity index (χ3v) is 3.51. The average Bonchev–Trinajstić information content (AvgIpc) is 2.42. The van der Waals surface area contributed by atoms with Crippen LogP contribution in [0.1, 0.15) is 43.0 Å². The van der Waals surface area contributed by atoms with E-state index < -0.39 is 0 Å². The van der Waals surface area contributed by atoms with E-state index in [2.05, 4.69) is 11.4 Å². The van der Waals surface area contributed by atoms with Crippen LogP contribution in [0.4, 0.5) is 5.69 Å². The molecule has 2 rings (SSSR count). The zero-order chi connectivity index (χ0) is 13.8. The number of nitrogens with two attached hydrogens (primary N) is 1. The van der Waals surface area contributed by atoms with E-state index in [9.17, 15) is 9.90 Å². The van der Waals surface area contributed by atoms with Crippen LogP contribution in [-0.2, 0) is 0 Å². The van der Waals surface area contributed by atoms with Gasteiger partial charge in [0.25, 0.3) is 5.91 Å². The van der Waals surface area contributed by atoms with Crippen molar-refractivity contribution in [1.82, 2.24) is 5.32 Å². The fourth-order valence-corrected chi connectivity index (χ4v) is 2.36. The van der Waals surface area contributed by atoms with Gasteiger partial charge in [0.15, 0.2) is 0 Å². The van der Waals surface area contributed by atoms with Crippen molar-refractivity contribution in [3.05, 3.63) is 35.4 Å². The molecule has 1 amide bonds. The molecule has 0 aliphatic heterocycles. The highest BCUT2D eigenvalue weighted by molar-refractivity contribution is 5.99. The molecule has 0 saturated carbocycles. The highest BCUT2D eigenvalue weighted by Crippen LogP contribution is 2.22. The first-order valence-electron chi connectivity index (χ1n) is 6.66. The number of hydrogen-bond acceptors (Lipinski definition) is 3. The summed E-state index contributed by atoms with van der Waals surface area (Å²) in [5, 5.41) is 12.4. The molecule has 1 aliphatic carbocycles. The molecule has 1 unspecified atom stereocenters. The molecule has 19 heavy (non-hydrogen) atoms. The summed E-state index contributed by atoms with van der Waals surface area (Å²) in [4.78, 5) is 12.1. The van der Waals surface area contributed by atoms with E-state index in [0.717, 1.165) is 12.8 Å². The van der Waals surface area contributed by atoms with Gasteiger partial charge >= 0.3 is 0 Å². The van der Waals surface area contributed by atoms with Crippen LogP contribution in [-0.4, -0.2) is 17.1 Å². The zero-order valence-electron chi connectivity index (χ0n) is 11.1. The van der Waals surface area contributed by atoms with E-state index in [-0.39, 0.29) is 17.7 Å². The maximum absolute atomic E-state index is 12.1. The second-order valence-corrected chi connectivity index (χ2v) is 4.99. The van der Waals surface area contributed by atoms with Gasteiger partial charge in [0, 0.05) is 11.7 Å². The van der Waals surface area contributed by atoms with Gasteiger partial charge < -0.3 is 16.2 Å². The number of rotatable bonds is 3. The van der Waals surface area contributed by atoms with Crippen LogP contribution in [0.3, 0.4) is 0 Å². The quantitative estimate of drug-likeness (QED) is 0.444. The minimum absolute atomic E-state index is 0.00884. The summed E-state index contributed by atoms with van der Waals surface area (Å²) in [6, 6.07) is 4.41. The van der Waals surface area contributed by atoms with Crippen molar-refractivity contribution in [1.29, 1.82) is 0 Å². The molecule has 1 atom stereocenters. The Morgan fingerprint density at radius 2 is 2.21 bits per heavy atom. The molecule has 0 spiro atoms. The molecule has 102 valence electrons. The Balaban J connectivity index is 2.08. The summed E-state index contributed by atoms with van der Waals surface area (Å²) in [6.07, 6.45) is 6.74. The van der Waals surface area contributed by atoms with Crippen molar-refractivity contribution < 1.29 is 9.90 Å². The van der Waals surface area contributed by atoms with Gasteiger partial charge in [-0.1, -0.05) is 11.6 Å². The summed E-state index contributed by atoms with van der Waals surface area (Å²) in [6.45, 7) is 1.98. The average molecular weight is 260 g/mol. The predicted molar refractivity (Wildman–Crippen MR) is 76.0 cm³/mol. The summed E-state index contributed by atoms with van der Waals surface area (Å²) in [5.74, 6) is -0.198. The Morgan fingerprint density at radius 3 is 2.89 bits per heavy atom. The van der Waals surface area contributed by atoms with Gasteiger partial charge in [-0.05, 0) is 50.8 Å². The molecule has 0 aromatic heterocycles. The molecule has 0 saturated heterocycles. The number of anilines is 1. The van der Waals surface area contributed by atoms with Crippen LogP contribution < -0.4 is 11.1 Å². The first-order valence-corrected chi connectivity index (χ1v) is 6.66. The number of phenolic OH excluding ortho intramolecular Hbond substituents is 1. The number of nitrogens with one attached hydrogen (secondary N) is 1. The maximum Gasteiger partial charge on any atom is 0.253 e. The number of phenols is 1. The van der Waals surface area contributed by atoms with E-state index >= 15 is 0 Å². The van der Waals surface area contributed by atoms with Crippen LogP contribution in [0.15, 0.2) is 29.8 Å². The van der Waals surface area contributed by atoms with Gasteiger partial charge in [0.05, 0.1) is 5.56 Å². The number of nitrogen functional groups attached to an aromatic ring is 1. The highest BCUT2D eigenvalue weighted by atomic mass is 16.3. The molecule has 4 N–H and O–H groups in total. The second kappa shape index (κ2) is 5.78. The Kier molecular flexibility index (Phi) is 4.10. The fourth-order valence-electron chi connectivity index (χ4n) is 2.36. The second-order valence-electron chi connectivity index (χ2n) is 4.99. The third-order valence-electron chi connectivity index (χ3n) is 3.51. The molecule has 0 bridgehead atoms. The van der Waals surface area contributed by atoms with Crippen LogP contribution in [0, 0.1) is 0 Å². The molecule has 0 fully saturated rings. The van der Waals surface area contributed by atoms with Gasteiger partial charge in [-0.3, -0.25) is 4.79 Å². The summed E-state index contributed by atoms with van der Waals surface area (Å²) in [5.41, 5.74) is 7.73. The van der Waals surface area contributed by atoms with Gasteiger partial charge in [0.2, 0.25) is 0 Å². The van der Waals surface area contributed by atoms with Gasteiger partial charge in [-0.25, -0.2) is 0 Å². The van der Waals surface area contributed by atoms with Crippen molar-refractivity contribution >= 4 is 11.6 Å². The number of carbonyl (C=O) groups is 1. The number of allylic oxidation sites excluding steroid dienone is 1. The van der Waals surface area contributed by atoms with Gasteiger partial charge in [-0.2, -0.15) is 0 Å². The van der Waals surface area contributed by atoms with E-state index in [1.807, 2.05) is 6.92 Å². The monoisotopic (exact) mass is 260 g/mol. The minimum atomic E-state index is -0.243. The van der Waals surface area contributed by atoms with Crippen LogP contribution >= 0.6 is 0 Å². The topological polar surface area (TPSA) is 75.3 Å². The summed E-state index contributed by atoms with van der Waals surface area (Å²) >= 11 is 0. The number of aromatic hydroxyl groups is 1. The molecular formula is C15H20N2O2. The number of hydrogen-bond donors (Lipinski definition) is 3. The lowest BCUT2D eigenvalue weighted by atomic mass is 9.94. The smallest absolute Gasteiger partial charge is 0.253 e. The molecule has 0 radical (unpaired) electrons. The molecule has 1 aromatic rings. The van der Waals surface area contributed by atoms with E-state index in [4.69, 9.17) is 5.73 Å². The summed E-state index contributed by atoms with van der Waals surface area (Å²) in [7, 11) is 0. The van der Waals surface area contributed by atoms with Gasteiger partial charge in [-0.15, -0.1) is 0 Å². The Morgan fingerprint density at radius 1 is 1.42 bits per heavy atom. The van der Waals surface area contributed by atoms with E-state index in [0.29, 0.717) is 11.3 Å². The maximum atomic E-state index is 12.1. The van der Waals surface area contributed by atoms with Crippen LogP contribution in [0.25, 0.3) is 0 Å². The fraction of sp³-hybridized carbons (Fsp3) is 0.400. The Labute approximate surface area is 113 Å². The highest BCUT2D eigenvalue weighted by Gasteiger charge is 2.17. The van der Waals surface area contributed by atoms with Crippen molar-refractivity contribution in [2.24, 2.45) is 0 Å². The largest absolute Gasteiger partial charge is 0.508 e. The van der Waals surface area contributed by atoms with Crippen LogP contribution in [0.2, 0.25) is 0 Å². The summed E-state index contributed by atoms with van der Waals surface area (Å²) < 4.78 is 0. The van der Waals surface area contributed by atoms with Crippen molar-refractivity contribution in [3.8, 4) is 5.75 Å². The predicted octanol–water partition coefficient (Wildman–Crippen LogP) is 2.59. The minimum Gasteiger partial charge on any atom is -0.508 e. The first kappa shape index (κ1) is 13.5. The number of amides is 1. The molecule has 4 nitrogen and oxygen atoms in total. The number of carbonyl (C=O) groups excluding carboxylic acids is 1. The normalized spacial score (nSPS) is 16.6. The molecular weight excluding hydrogens is 240 g/mol. The van der Waals surface area contributed by atoms with E-state index in [1.54, 1.807) is 0 Å². The standard InChI is InChI=1S/C15H20N2O2/c1-10(11-5-3-2-4-6-11)17-15(19)13-9-12(18)7-8-14(13)16/h5,7-10,18H,2-4,6,16H2,1H3,(H,17,19). The lowest BCUT2D eigenvalue weighted by molar-refractivity contribution is 0.0945. The Bertz CT molecular complexity index is 509. The van der Waals surface area contributed by atoms with Crippen molar-refractivity contribution in [3.63, 3.8) is 0 Å². The van der Waals surface area contributed by atoms with Gasteiger partial charge in [0.1, 0.15) is 5.75 Å². The molecule has 1 aromatic carbocycles. The SMILES string of the molecule is CC(NC(=O)c1cc(O)ccc1N)C1=CCCCC1. The van der Waals surface area contributed by atoms with E-state index in [1.165, 1.54) is 36.6 Å². The van der Waals surface area contributed by atoms with Crippen LogP contribution in [0.5, 0.6) is 5.75 Å². The third kappa shape index (κ3) is 3.28. The zero-order valence-corrected chi connectivity index (χ0v) is 11.1. The van der Waals surface area contributed by atoms with Crippen molar-refractivity contribution in [2.75, 3.05) is 5.73 Å². The molecule has 0 heterocycles. The lowest BCUT2D eigenvalue weighted by Gasteiger charge is -2.21. The Hall–Kier alpha value is -1.97. The molecule has 1 aliphatic rings. The van der Waals surface area contributed by atoms with Crippen molar-refractivity contribution in [2.45, 2.75) is 38.6 Å². The molecule has 4 heteroatoms. The first-order chi connectivity index (χ1) is 9.08.